The molecule has 4 heteroatoms. The molecule has 1 aromatic rings. The molecule has 0 unspecified atom stereocenters. The molecule has 18 heavy (non-hydrogen) atoms. The van der Waals surface area contributed by atoms with Crippen molar-refractivity contribution in [2.45, 2.75) is 58.3 Å². The molecule has 0 bridgehead atoms. The minimum absolute atomic E-state index is 0.181. The fourth-order valence-electron chi connectivity index (χ4n) is 2.51. The molecule has 1 fully saturated rings. The molecule has 1 aromatic heterocycles. The summed E-state index contributed by atoms with van der Waals surface area (Å²) in [6, 6.07) is 0. The maximum atomic E-state index is 10.5. The van der Waals surface area contributed by atoms with E-state index in [1.165, 1.54) is 30.7 Å². The summed E-state index contributed by atoms with van der Waals surface area (Å²) in [5, 5.41) is 11.9. The molecule has 0 spiro atoms. The molecule has 0 aromatic carbocycles. The Balaban J connectivity index is 1.92. The van der Waals surface area contributed by atoms with E-state index < -0.39 is 5.97 Å². The van der Waals surface area contributed by atoms with Crippen LogP contribution in [-0.2, 0) is 11.2 Å². The zero-order chi connectivity index (χ0) is 13.2. The molecule has 0 radical (unpaired) electrons. The number of carboxylic acids is 1. The van der Waals surface area contributed by atoms with Crippen LogP contribution in [0.1, 0.15) is 62.6 Å². The van der Waals surface area contributed by atoms with Crippen LogP contribution in [0.15, 0.2) is 5.38 Å². The van der Waals surface area contributed by atoms with Gasteiger partial charge in [0.15, 0.2) is 0 Å². The molecule has 0 atom stereocenters. The first-order valence-electron chi connectivity index (χ1n) is 6.62. The fourth-order valence-corrected chi connectivity index (χ4v) is 3.53. The van der Waals surface area contributed by atoms with E-state index in [1.54, 1.807) is 11.3 Å². The number of rotatable bonds is 4. The van der Waals surface area contributed by atoms with Gasteiger partial charge in [0, 0.05) is 17.7 Å². The third kappa shape index (κ3) is 3.55. The van der Waals surface area contributed by atoms with Crippen LogP contribution in [0.3, 0.4) is 0 Å². The number of thiazole rings is 1. The van der Waals surface area contributed by atoms with Gasteiger partial charge < -0.3 is 5.11 Å². The van der Waals surface area contributed by atoms with Crippen molar-refractivity contribution in [3.05, 3.63) is 16.1 Å². The minimum atomic E-state index is -0.746. The van der Waals surface area contributed by atoms with Crippen LogP contribution in [0.4, 0.5) is 0 Å². The van der Waals surface area contributed by atoms with Crippen molar-refractivity contribution in [2.24, 2.45) is 5.41 Å². The zero-order valence-electron chi connectivity index (χ0n) is 11.1. The van der Waals surface area contributed by atoms with Gasteiger partial charge in [-0.3, -0.25) is 4.79 Å². The van der Waals surface area contributed by atoms with Gasteiger partial charge in [-0.25, -0.2) is 4.98 Å². The minimum Gasteiger partial charge on any atom is -0.481 e. The van der Waals surface area contributed by atoms with Crippen molar-refractivity contribution in [3.8, 4) is 0 Å². The molecule has 1 heterocycles. The van der Waals surface area contributed by atoms with Crippen LogP contribution < -0.4 is 0 Å². The predicted molar refractivity (Wildman–Crippen MR) is 73.1 cm³/mol. The number of aromatic nitrogens is 1. The highest BCUT2D eigenvalue weighted by Gasteiger charge is 2.28. The number of aryl methyl sites for hydroxylation is 1. The third-order valence-corrected chi connectivity index (χ3v) is 4.91. The topological polar surface area (TPSA) is 50.2 Å². The Morgan fingerprint density at radius 3 is 2.78 bits per heavy atom. The van der Waals surface area contributed by atoms with E-state index in [1.807, 2.05) is 5.38 Å². The quantitative estimate of drug-likeness (QED) is 0.901. The van der Waals surface area contributed by atoms with E-state index in [4.69, 9.17) is 5.11 Å². The molecule has 1 N–H and O–H groups in total. The average molecular weight is 267 g/mol. The van der Waals surface area contributed by atoms with Crippen LogP contribution in [-0.4, -0.2) is 16.1 Å². The molecule has 3 nitrogen and oxygen atoms in total. The maximum Gasteiger partial charge on any atom is 0.303 e. The van der Waals surface area contributed by atoms with Gasteiger partial charge in [-0.2, -0.15) is 0 Å². The van der Waals surface area contributed by atoms with E-state index in [0.29, 0.717) is 17.8 Å². The van der Waals surface area contributed by atoms with Gasteiger partial charge >= 0.3 is 5.97 Å². The van der Waals surface area contributed by atoms with Crippen molar-refractivity contribution in [1.82, 2.24) is 4.98 Å². The van der Waals surface area contributed by atoms with Gasteiger partial charge in [0.2, 0.25) is 0 Å². The molecule has 100 valence electrons. The lowest BCUT2D eigenvalue weighted by molar-refractivity contribution is -0.136. The predicted octanol–water partition coefficient (Wildman–Crippen LogP) is 3.84. The van der Waals surface area contributed by atoms with Crippen LogP contribution in [0.25, 0.3) is 0 Å². The Hall–Kier alpha value is -0.900. The summed E-state index contributed by atoms with van der Waals surface area (Å²) >= 11 is 1.70. The van der Waals surface area contributed by atoms with Gasteiger partial charge in [-0.05, 0) is 31.1 Å². The Labute approximate surface area is 112 Å². The maximum absolute atomic E-state index is 10.5. The Morgan fingerprint density at radius 2 is 2.17 bits per heavy atom. The normalized spacial score (nSPS) is 19.9. The van der Waals surface area contributed by atoms with E-state index in [9.17, 15) is 4.79 Å². The molecular formula is C14H21NO2S. The summed E-state index contributed by atoms with van der Waals surface area (Å²) in [6.45, 7) is 4.67. The molecule has 0 saturated heterocycles. The first-order valence-corrected chi connectivity index (χ1v) is 7.50. The van der Waals surface area contributed by atoms with Crippen molar-refractivity contribution in [1.29, 1.82) is 0 Å². The average Bonchev–Trinajstić information content (AvgIpc) is 2.75. The van der Waals surface area contributed by atoms with E-state index in [0.717, 1.165) is 5.69 Å². The highest BCUT2D eigenvalue weighted by molar-refractivity contribution is 7.09. The first-order chi connectivity index (χ1) is 8.46. The highest BCUT2D eigenvalue weighted by atomic mass is 32.1. The van der Waals surface area contributed by atoms with E-state index in [-0.39, 0.29) is 6.42 Å². The van der Waals surface area contributed by atoms with Gasteiger partial charge in [0.05, 0.1) is 17.1 Å². The smallest absolute Gasteiger partial charge is 0.303 e. The summed E-state index contributed by atoms with van der Waals surface area (Å²) < 4.78 is 0. The fraction of sp³-hybridized carbons (Fsp3) is 0.714. The summed E-state index contributed by atoms with van der Waals surface area (Å²) in [5.74, 6) is -0.148. The summed E-state index contributed by atoms with van der Waals surface area (Å²) in [4.78, 5) is 15.1. The van der Waals surface area contributed by atoms with Crippen LogP contribution >= 0.6 is 11.3 Å². The lowest BCUT2D eigenvalue weighted by Crippen LogP contribution is -2.20. The standard InChI is InChI=1S/C14H21NO2S/c1-14(2)7-5-10(6-8-14)13-15-11(9-18-13)3-4-12(16)17/h9-10H,3-8H2,1-2H3,(H,16,17). The Morgan fingerprint density at radius 1 is 1.50 bits per heavy atom. The Bertz CT molecular complexity index is 415. The Kier molecular flexibility index (Phi) is 4.05. The van der Waals surface area contributed by atoms with Gasteiger partial charge in [0.25, 0.3) is 0 Å². The van der Waals surface area contributed by atoms with Crippen LogP contribution in [0.5, 0.6) is 0 Å². The van der Waals surface area contributed by atoms with Crippen LogP contribution in [0, 0.1) is 5.41 Å². The molecule has 0 aliphatic heterocycles. The number of aliphatic carboxylic acids is 1. The van der Waals surface area contributed by atoms with Crippen molar-refractivity contribution < 1.29 is 9.90 Å². The lowest BCUT2D eigenvalue weighted by atomic mass is 9.73. The number of hydrogen-bond acceptors (Lipinski definition) is 3. The molecule has 1 aliphatic carbocycles. The third-order valence-electron chi connectivity index (χ3n) is 3.85. The highest BCUT2D eigenvalue weighted by Crippen LogP contribution is 2.43. The lowest BCUT2D eigenvalue weighted by Gasteiger charge is -2.33. The zero-order valence-corrected chi connectivity index (χ0v) is 11.9. The molecule has 0 amide bonds. The molecule has 2 rings (SSSR count). The van der Waals surface area contributed by atoms with Gasteiger partial charge in [-0.15, -0.1) is 11.3 Å². The second kappa shape index (κ2) is 5.39. The molecular weight excluding hydrogens is 246 g/mol. The first kappa shape index (κ1) is 13.5. The van der Waals surface area contributed by atoms with Gasteiger partial charge in [0.1, 0.15) is 0 Å². The summed E-state index contributed by atoms with van der Waals surface area (Å²) in [5.41, 5.74) is 1.43. The van der Waals surface area contributed by atoms with E-state index >= 15 is 0 Å². The summed E-state index contributed by atoms with van der Waals surface area (Å²) in [7, 11) is 0. The summed E-state index contributed by atoms with van der Waals surface area (Å²) in [6.07, 6.45) is 5.71. The number of hydrogen-bond donors (Lipinski definition) is 1. The van der Waals surface area contributed by atoms with Gasteiger partial charge in [-0.1, -0.05) is 13.8 Å². The molecule has 1 aliphatic rings. The number of nitrogens with zero attached hydrogens (tertiary/aromatic N) is 1. The van der Waals surface area contributed by atoms with Crippen molar-refractivity contribution >= 4 is 17.3 Å². The van der Waals surface area contributed by atoms with E-state index in [2.05, 4.69) is 18.8 Å². The second-order valence-electron chi connectivity index (χ2n) is 6.01. The largest absolute Gasteiger partial charge is 0.481 e. The monoisotopic (exact) mass is 267 g/mol. The van der Waals surface area contributed by atoms with Crippen molar-refractivity contribution in [3.63, 3.8) is 0 Å². The number of carboxylic acid groups (broad SMARTS) is 1. The number of carbonyl (C=O) groups is 1. The SMILES string of the molecule is CC1(C)CCC(c2nc(CCC(=O)O)cs2)CC1. The van der Waals surface area contributed by atoms with Crippen LogP contribution in [0.2, 0.25) is 0 Å². The second-order valence-corrected chi connectivity index (χ2v) is 6.90. The molecule has 1 saturated carbocycles. The van der Waals surface area contributed by atoms with Crippen molar-refractivity contribution in [2.75, 3.05) is 0 Å².